The van der Waals surface area contributed by atoms with E-state index in [0.717, 1.165) is 38.2 Å². The first-order valence-electron chi connectivity index (χ1n) is 9.44. The Morgan fingerprint density at radius 3 is 2.65 bits per heavy atom. The summed E-state index contributed by atoms with van der Waals surface area (Å²) in [6.45, 7) is 5.04. The molecule has 26 heavy (non-hydrogen) atoms. The number of hydrogen-bond acceptors (Lipinski definition) is 4. The van der Waals surface area contributed by atoms with Crippen LogP contribution in [0.1, 0.15) is 36.7 Å². The Morgan fingerprint density at radius 2 is 2.00 bits per heavy atom. The molecule has 0 saturated carbocycles. The van der Waals surface area contributed by atoms with E-state index in [4.69, 9.17) is 4.74 Å². The van der Waals surface area contributed by atoms with E-state index in [9.17, 15) is 4.79 Å². The molecular formula is C20H28N4O2. The van der Waals surface area contributed by atoms with Gasteiger partial charge in [0.05, 0.1) is 18.5 Å². The predicted molar refractivity (Wildman–Crippen MR) is 102 cm³/mol. The summed E-state index contributed by atoms with van der Waals surface area (Å²) < 4.78 is 7.41. The van der Waals surface area contributed by atoms with Crippen molar-refractivity contribution in [3.63, 3.8) is 0 Å². The summed E-state index contributed by atoms with van der Waals surface area (Å²) >= 11 is 0. The molecule has 140 valence electrons. The van der Waals surface area contributed by atoms with Crippen LogP contribution in [0.2, 0.25) is 0 Å². The van der Waals surface area contributed by atoms with E-state index < -0.39 is 0 Å². The van der Waals surface area contributed by atoms with Crippen molar-refractivity contribution >= 4 is 5.91 Å². The number of carbonyl (C=O) groups excluding carboxylic acids is 1. The second kappa shape index (κ2) is 8.85. The largest absolute Gasteiger partial charge is 0.490 e. The van der Waals surface area contributed by atoms with E-state index in [1.165, 1.54) is 6.42 Å². The number of ether oxygens (including phenoxy) is 1. The standard InChI is InChI=1S/C20H28N4O2/c1-3-26-18-15-24(17-7-5-4-6-8-17)22-19(18)20(25)23-13-10-16(11-14-23)9-12-21-2/h4-8,15-16,21H,3,9-14H2,1-2H3. The maximum atomic E-state index is 13.0. The van der Waals surface area contributed by atoms with Crippen LogP contribution in [0.15, 0.2) is 36.5 Å². The van der Waals surface area contributed by atoms with Crippen molar-refractivity contribution < 1.29 is 9.53 Å². The molecule has 1 fully saturated rings. The number of hydrogen-bond donors (Lipinski definition) is 1. The van der Waals surface area contributed by atoms with Crippen LogP contribution in [-0.2, 0) is 0 Å². The lowest BCUT2D eigenvalue weighted by Crippen LogP contribution is -2.39. The molecule has 6 nitrogen and oxygen atoms in total. The summed E-state index contributed by atoms with van der Waals surface area (Å²) in [5.41, 5.74) is 1.32. The Hall–Kier alpha value is -2.34. The molecule has 3 rings (SSSR count). The van der Waals surface area contributed by atoms with Gasteiger partial charge in [-0.05, 0) is 57.8 Å². The second-order valence-corrected chi connectivity index (χ2v) is 6.68. The predicted octanol–water partition coefficient (Wildman–Crippen LogP) is 2.73. The molecule has 0 unspecified atom stereocenters. The zero-order chi connectivity index (χ0) is 18.4. The average molecular weight is 356 g/mol. The molecule has 6 heteroatoms. The fourth-order valence-electron chi connectivity index (χ4n) is 3.40. The van der Waals surface area contributed by atoms with Crippen LogP contribution in [0.25, 0.3) is 5.69 Å². The number of benzene rings is 1. The number of amides is 1. The molecule has 0 atom stereocenters. The van der Waals surface area contributed by atoms with Crippen molar-refractivity contribution in [3.05, 3.63) is 42.2 Å². The number of rotatable bonds is 7. The third kappa shape index (κ3) is 4.25. The van der Waals surface area contributed by atoms with Crippen LogP contribution in [0, 0.1) is 5.92 Å². The van der Waals surface area contributed by atoms with E-state index in [-0.39, 0.29) is 5.91 Å². The highest BCUT2D eigenvalue weighted by atomic mass is 16.5. The molecule has 1 aromatic carbocycles. The molecule has 0 spiro atoms. The number of nitrogens with one attached hydrogen (secondary N) is 1. The molecule has 1 aliphatic rings. The molecule has 1 saturated heterocycles. The van der Waals surface area contributed by atoms with Gasteiger partial charge in [0, 0.05) is 13.1 Å². The molecule has 1 amide bonds. The van der Waals surface area contributed by atoms with Crippen LogP contribution in [-0.4, -0.2) is 53.9 Å². The van der Waals surface area contributed by atoms with Gasteiger partial charge in [0.2, 0.25) is 0 Å². The number of aromatic nitrogens is 2. The van der Waals surface area contributed by atoms with Gasteiger partial charge in [-0.1, -0.05) is 18.2 Å². The summed E-state index contributed by atoms with van der Waals surface area (Å²) in [5.74, 6) is 1.22. The van der Waals surface area contributed by atoms with E-state index in [1.54, 1.807) is 10.9 Å². The van der Waals surface area contributed by atoms with Crippen molar-refractivity contribution in [2.75, 3.05) is 33.3 Å². The summed E-state index contributed by atoms with van der Waals surface area (Å²) in [5, 5.41) is 7.74. The first-order chi connectivity index (χ1) is 12.7. The molecule has 0 aliphatic carbocycles. The minimum atomic E-state index is -0.0322. The molecule has 0 radical (unpaired) electrons. The SMILES string of the molecule is CCOc1cn(-c2ccccc2)nc1C(=O)N1CCC(CCNC)CC1. The van der Waals surface area contributed by atoms with E-state index in [2.05, 4.69) is 10.4 Å². The lowest BCUT2D eigenvalue weighted by atomic mass is 9.93. The molecule has 2 heterocycles. The highest BCUT2D eigenvalue weighted by molar-refractivity contribution is 5.95. The fraction of sp³-hybridized carbons (Fsp3) is 0.500. The van der Waals surface area contributed by atoms with Crippen molar-refractivity contribution in [3.8, 4) is 11.4 Å². The molecule has 1 N–H and O–H groups in total. The van der Waals surface area contributed by atoms with Crippen LogP contribution in [0.3, 0.4) is 0 Å². The summed E-state index contributed by atoms with van der Waals surface area (Å²) in [6.07, 6.45) is 5.07. The van der Waals surface area contributed by atoms with Crippen molar-refractivity contribution in [1.29, 1.82) is 0 Å². The normalized spacial score (nSPS) is 15.2. The number of para-hydroxylation sites is 1. The van der Waals surface area contributed by atoms with Crippen LogP contribution < -0.4 is 10.1 Å². The second-order valence-electron chi connectivity index (χ2n) is 6.68. The Labute approximate surface area is 155 Å². The zero-order valence-electron chi connectivity index (χ0n) is 15.6. The summed E-state index contributed by atoms with van der Waals surface area (Å²) in [7, 11) is 1.98. The molecule has 0 bridgehead atoms. The Bertz CT molecular complexity index is 706. The van der Waals surface area contributed by atoms with Gasteiger partial charge in [-0.25, -0.2) is 4.68 Å². The van der Waals surface area contributed by atoms with Gasteiger partial charge in [-0.2, -0.15) is 5.10 Å². The van der Waals surface area contributed by atoms with Gasteiger partial charge in [-0.15, -0.1) is 0 Å². The topological polar surface area (TPSA) is 59.4 Å². The maximum absolute atomic E-state index is 13.0. The van der Waals surface area contributed by atoms with Gasteiger partial charge in [0.15, 0.2) is 11.4 Å². The highest BCUT2D eigenvalue weighted by Gasteiger charge is 2.28. The van der Waals surface area contributed by atoms with Crippen LogP contribution in [0.4, 0.5) is 0 Å². The number of nitrogens with zero attached hydrogens (tertiary/aromatic N) is 3. The van der Waals surface area contributed by atoms with E-state index in [1.807, 2.05) is 49.2 Å². The van der Waals surface area contributed by atoms with Crippen LogP contribution >= 0.6 is 0 Å². The van der Waals surface area contributed by atoms with E-state index in [0.29, 0.717) is 24.0 Å². The molecule has 2 aromatic rings. The first-order valence-corrected chi connectivity index (χ1v) is 9.44. The lowest BCUT2D eigenvalue weighted by molar-refractivity contribution is 0.0676. The lowest BCUT2D eigenvalue weighted by Gasteiger charge is -2.31. The highest BCUT2D eigenvalue weighted by Crippen LogP contribution is 2.25. The zero-order valence-corrected chi connectivity index (χ0v) is 15.6. The van der Waals surface area contributed by atoms with Crippen molar-refractivity contribution in [2.45, 2.75) is 26.2 Å². The Morgan fingerprint density at radius 1 is 1.27 bits per heavy atom. The Kier molecular flexibility index (Phi) is 6.28. The quantitative estimate of drug-likeness (QED) is 0.829. The van der Waals surface area contributed by atoms with Gasteiger partial charge in [0.25, 0.3) is 5.91 Å². The molecule has 1 aromatic heterocycles. The third-order valence-electron chi connectivity index (χ3n) is 4.91. The number of likely N-dealkylation sites (tertiary alicyclic amines) is 1. The minimum absolute atomic E-state index is 0.0322. The van der Waals surface area contributed by atoms with Crippen molar-refractivity contribution in [2.24, 2.45) is 5.92 Å². The van der Waals surface area contributed by atoms with Gasteiger partial charge in [0.1, 0.15) is 0 Å². The monoisotopic (exact) mass is 356 g/mol. The smallest absolute Gasteiger partial charge is 0.278 e. The number of carbonyl (C=O) groups is 1. The van der Waals surface area contributed by atoms with Gasteiger partial charge >= 0.3 is 0 Å². The maximum Gasteiger partial charge on any atom is 0.278 e. The van der Waals surface area contributed by atoms with Gasteiger partial charge in [-0.3, -0.25) is 4.79 Å². The number of piperidine rings is 1. The van der Waals surface area contributed by atoms with Crippen molar-refractivity contribution in [1.82, 2.24) is 20.0 Å². The first kappa shape index (κ1) is 18.5. The third-order valence-corrected chi connectivity index (χ3v) is 4.91. The minimum Gasteiger partial charge on any atom is -0.490 e. The van der Waals surface area contributed by atoms with Gasteiger partial charge < -0.3 is 15.0 Å². The fourth-order valence-corrected chi connectivity index (χ4v) is 3.40. The Balaban J connectivity index is 1.73. The van der Waals surface area contributed by atoms with E-state index >= 15 is 0 Å². The molecule has 1 aliphatic heterocycles. The van der Waals surface area contributed by atoms with Crippen LogP contribution in [0.5, 0.6) is 5.75 Å². The summed E-state index contributed by atoms with van der Waals surface area (Å²) in [6, 6.07) is 9.79. The summed E-state index contributed by atoms with van der Waals surface area (Å²) in [4.78, 5) is 14.9. The average Bonchev–Trinajstić information content (AvgIpc) is 3.11. The molecular weight excluding hydrogens is 328 g/mol.